The summed E-state index contributed by atoms with van der Waals surface area (Å²) < 4.78 is 10.5. The molecule has 4 aliphatic rings. The van der Waals surface area contributed by atoms with Gasteiger partial charge in [0.2, 0.25) is 0 Å². The van der Waals surface area contributed by atoms with Crippen LogP contribution in [0.25, 0.3) is 0 Å². The maximum Gasteiger partial charge on any atom is 0.305 e. The third-order valence-electron chi connectivity index (χ3n) is 9.49. The van der Waals surface area contributed by atoms with E-state index in [-0.39, 0.29) is 28.9 Å². The van der Waals surface area contributed by atoms with Gasteiger partial charge in [-0.2, -0.15) is 0 Å². The summed E-state index contributed by atoms with van der Waals surface area (Å²) in [4.78, 5) is 23.1. The van der Waals surface area contributed by atoms with Crippen LogP contribution in [-0.2, 0) is 19.1 Å². The van der Waals surface area contributed by atoms with Gasteiger partial charge in [-0.05, 0) is 85.9 Å². The fourth-order valence-corrected chi connectivity index (χ4v) is 7.80. The lowest BCUT2D eigenvalue weighted by Crippen LogP contribution is -2.48. The zero-order valence-electron chi connectivity index (χ0n) is 20.0. The van der Waals surface area contributed by atoms with E-state index in [2.05, 4.69) is 32.9 Å². The fourth-order valence-electron chi connectivity index (χ4n) is 7.80. The van der Waals surface area contributed by atoms with E-state index in [0.717, 1.165) is 32.1 Å². The third kappa shape index (κ3) is 3.89. The minimum atomic E-state index is -0.138. The van der Waals surface area contributed by atoms with Crippen molar-refractivity contribution >= 4 is 11.9 Å². The monoisotopic (exact) mass is 428 g/mol. The van der Waals surface area contributed by atoms with Gasteiger partial charge in [-0.3, -0.25) is 9.59 Å². The molecule has 4 nitrogen and oxygen atoms in total. The number of ether oxygens (including phenoxy) is 2. The summed E-state index contributed by atoms with van der Waals surface area (Å²) in [6.45, 7) is 8.79. The van der Waals surface area contributed by atoms with E-state index in [1.54, 1.807) is 11.1 Å². The molecule has 0 aliphatic heterocycles. The van der Waals surface area contributed by atoms with Crippen molar-refractivity contribution < 1.29 is 19.1 Å². The molecule has 0 saturated heterocycles. The van der Waals surface area contributed by atoms with Gasteiger partial charge in [0.1, 0.15) is 6.10 Å². The Morgan fingerprint density at radius 3 is 2.65 bits per heavy atom. The van der Waals surface area contributed by atoms with Crippen LogP contribution in [0.3, 0.4) is 0 Å². The van der Waals surface area contributed by atoms with Gasteiger partial charge in [-0.1, -0.05) is 44.1 Å². The number of esters is 2. The van der Waals surface area contributed by atoms with Crippen molar-refractivity contribution in [3.8, 4) is 0 Å². The Bertz CT molecular complexity index is 795. The van der Waals surface area contributed by atoms with Gasteiger partial charge in [0.25, 0.3) is 0 Å². The maximum atomic E-state index is 11.7. The Hall–Kier alpha value is -1.58. The van der Waals surface area contributed by atoms with Crippen molar-refractivity contribution in [2.45, 2.75) is 91.6 Å². The second-order valence-electron chi connectivity index (χ2n) is 11.1. The highest BCUT2D eigenvalue weighted by Crippen LogP contribution is 2.65. The lowest BCUT2D eigenvalue weighted by atomic mass is 9.48. The van der Waals surface area contributed by atoms with E-state index in [4.69, 9.17) is 9.47 Å². The van der Waals surface area contributed by atoms with E-state index in [1.165, 1.54) is 33.3 Å². The molecule has 0 aromatic carbocycles. The number of hydrogen-bond acceptors (Lipinski definition) is 4. The molecule has 0 unspecified atom stereocenters. The van der Waals surface area contributed by atoms with Crippen LogP contribution in [0.4, 0.5) is 0 Å². The molecule has 0 aromatic rings. The average Bonchev–Trinajstić information content (AvgIpc) is 3.09. The first-order valence-electron chi connectivity index (χ1n) is 12.3. The van der Waals surface area contributed by atoms with E-state index < -0.39 is 0 Å². The number of carbonyl (C=O) groups is 2. The first-order valence-corrected chi connectivity index (χ1v) is 12.3. The standard InChI is InChI=1S/C27H40O4/c1-17(6-11-25(29)30-5)22-9-10-23-21-8-7-19-16-20(31-18(2)28)12-14-26(19,3)24(21)13-15-27(22,23)4/h9,13,17,19-21,23H,6-8,10-12,14-16H2,1-5H3/t17-,19+,20+,21-,23-,26-,27+/m0/s1. The molecule has 0 bridgehead atoms. The van der Waals surface area contributed by atoms with Crippen molar-refractivity contribution in [1.82, 2.24) is 0 Å². The molecular formula is C27H40O4. The maximum absolute atomic E-state index is 11.7. The number of hydrogen-bond donors (Lipinski definition) is 0. The van der Waals surface area contributed by atoms with Gasteiger partial charge in [-0.25, -0.2) is 0 Å². The van der Waals surface area contributed by atoms with Crippen molar-refractivity contribution in [3.05, 3.63) is 23.3 Å². The van der Waals surface area contributed by atoms with Crippen LogP contribution in [0, 0.1) is 34.5 Å². The number of methoxy groups -OCH3 is 1. The van der Waals surface area contributed by atoms with Gasteiger partial charge < -0.3 is 9.47 Å². The van der Waals surface area contributed by atoms with Gasteiger partial charge in [0.15, 0.2) is 0 Å². The first kappa shape index (κ1) is 22.6. The van der Waals surface area contributed by atoms with Crippen LogP contribution in [0.15, 0.2) is 23.3 Å². The zero-order chi connectivity index (χ0) is 22.4. The largest absolute Gasteiger partial charge is 0.469 e. The summed E-state index contributed by atoms with van der Waals surface area (Å²) in [5.74, 6) is 2.17. The van der Waals surface area contributed by atoms with Gasteiger partial charge in [0.05, 0.1) is 7.11 Å². The Kier molecular flexibility index (Phi) is 6.13. The Morgan fingerprint density at radius 1 is 1.16 bits per heavy atom. The summed E-state index contributed by atoms with van der Waals surface area (Å²) in [6, 6.07) is 0. The molecule has 0 aromatic heterocycles. The van der Waals surface area contributed by atoms with Crippen LogP contribution < -0.4 is 0 Å². The molecule has 0 spiro atoms. The highest BCUT2D eigenvalue weighted by molar-refractivity contribution is 5.69. The lowest BCUT2D eigenvalue weighted by Gasteiger charge is -2.57. The topological polar surface area (TPSA) is 52.6 Å². The zero-order valence-corrected chi connectivity index (χ0v) is 20.0. The molecule has 2 fully saturated rings. The van der Waals surface area contributed by atoms with Gasteiger partial charge in [-0.15, -0.1) is 0 Å². The van der Waals surface area contributed by atoms with Crippen LogP contribution >= 0.6 is 0 Å². The van der Waals surface area contributed by atoms with Crippen molar-refractivity contribution in [2.75, 3.05) is 7.11 Å². The number of fused-ring (bicyclic) bond motifs is 5. The minimum absolute atomic E-state index is 0.103. The summed E-state index contributed by atoms with van der Waals surface area (Å²) in [5, 5.41) is 0. The van der Waals surface area contributed by atoms with Gasteiger partial charge in [0, 0.05) is 13.3 Å². The summed E-state index contributed by atoms with van der Waals surface area (Å²) in [7, 11) is 1.48. The van der Waals surface area contributed by atoms with E-state index >= 15 is 0 Å². The summed E-state index contributed by atoms with van der Waals surface area (Å²) in [6.07, 6.45) is 14.6. The number of carbonyl (C=O) groups excluding carboxylic acids is 2. The molecule has 0 amide bonds. The van der Waals surface area contributed by atoms with E-state index in [0.29, 0.717) is 30.1 Å². The summed E-state index contributed by atoms with van der Waals surface area (Å²) >= 11 is 0. The molecule has 7 atom stereocenters. The number of allylic oxidation sites excluding steroid dienone is 4. The highest BCUT2D eigenvalue weighted by Gasteiger charge is 2.55. The molecule has 0 N–H and O–H groups in total. The minimum Gasteiger partial charge on any atom is -0.469 e. The van der Waals surface area contributed by atoms with Crippen LogP contribution in [0.1, 0.15) is 85.5 Å². The number of rotatable bonds is 5. The van der Waals surface area contributed by atoms with Crippen molar-refractivity contribution in [3.63, 3.8) is 0 Å². The molecule has 0 radical (unpaired) electrons. The molecule has 0 heterocycles. The van der Waals surface area contributed by atoms with Gasteiger partial charge >= 0.3 is 11.9 Å². The molecule has 4 heteroatoms. The molecule has 2 saturated carbocycles. The molecule has 4 rings (SSSR count). The normalized spacial score (nSPS) is 39.9. The quantitative estimate of drug-likeness (QED) is 0.398. The lowest BCUT2D eigenvalue weighted by molar-refractivity contribution is -0.151. The van der Waals surface area contributed by atoms with Crippen molar-refractivity contribution in [1.29, 1.82) is 0 Å². The van der Waals surface area contributed by atoms with Crippen molar-refractivity contribution in [2.24, 2.45) is 34.5 Å². The van der Waals surface area contributed by atoms with Crippen LogP contribution in [-0.4, -0.2) is 25.2 Å². The second-order valence-corrected chi connectivity index (χ2v) is 11.1. The first-order chi connectivity index (χ1) is 14.7. The molecule has 172 valence electrons. The van der Waals surface area contributed by atoms with Crippen LogP contribution in [0.5, 0.6) is 0 Å². The predicted octanol–water partition coefficient (Wildman–Crippen LogP) is 6.01. The molecule has 31 heavy (non-hydrogen) atoms. The Morgan fingerprint density at radius 2 is 1.94 bits per heavy atom. The predicted molar refractivity (Wildman–Crippen MR) is 121 cm³/mol. The average molecular weight is 429 g/mol. The van der Waals surface area contributed by atoms with E-state index in [1.807, 2.05) is 0 Å². The molecule has 4 aliphatic carbocycles. The highest BCUT2D eigenvalue weighted by atomic mass is 16.5. The molecular weight excluding hydrogens is 388 g/mol. The Labute approximate surface area is 187 Å². The Balaban J connectivity index is 1.50. The SMILES string of the molecule is COC(=O)CC[C@H](C)C1=CC[C@H]2[C@@H]3CC[C@@H]4C[C@H](OC(C)=O)CC[C@]4(C)C3=CC[C@]12C. The fraction of sp³-hybridized carbons (Fsp3) is 0.778. The second kappa shape index (κ2) is 8.41. The van der Waals surface area contributed by atoms with E-state index in [9.17, 15) is 9.59 Å². The van der Waals surface area contributed by atoms with Crippen LogP contribution in [0.2, 0.25) is 0 Å². The smallest absolute Gasteiger partial charge is 0.305 e. The summed E-state index contributed by atoms with van der Waals surface area (Å²) in [5.41, 5.74) is 3.77. The third-order valence-corrected chi connectivity index (χ3v) is 9.49.